The second-order valence-corrected chi connectivity index (χ2v) is 8.16. The molecule has 0 atom stereocenters. The third-order valence-corrected chi connectivity index (χ3v) is 6.06. The zero-order valence-corrected chi connectivity index (χ0v) is 19.6. The molecule has 32 heavy (non-hydrogen) atoms. The van der Waals surface area contributed by atoms with E-state index in [0.717, 1.165) is 46.0 Å². The topological polar surface area (TPSA) is 87.1 Å². The van der Waals surface area contributed by atoms with Gasteiger partial charge in [-0.15, -0.1) is 11.8 Å². The Morgan fingerprint density at radius 2 is 2.00 bits per heavy atom. The molecule has 8 heteroatoms. The fraction of sp³-hybridized carbons (Fsp3) is 0.292. The zero-order valence-electron chi connectivity index (χ0n) is 18.8. The largest absolute Gasteiger partial charge is 0.507 e. The summed E-state index contributed by atoms with van der Waals surface area (Å²) in [5, 5.41) is 15.2. The molecule has 0 saturated heterocycles. The predicted molar refractivity (Wildman–Crippen MR) is 131 cm³/mol. The van der Waals surface area contributed by atoms with Crippen molar-refractivity contribution in [3.63, 3.8) is 0 Å². The summed E-state index contributed by atoms with van der Waals surface area (Å²) in [4.78, 5) is 19.9. The van der Waals surface area contributed by atoms with Gasteiger partial charge in [-0.2, -0.15) is 5.10 Å². The lowest BCUT2D eigenvalue weighted by Gasteiger charge is -2.21. The Bertz CT molecular complexity index is 1130. The molecule has 0 aliphatic heterocycles. The SMILES string of the molecule is CCN(CC)c1ccc(/C=N/NC(=O)CSc2cc(C)nc3ccc(OC)cc23)c(O)c1. The van der Waals surface area contributed by atoms with E-state index < -0.39 is 0 Å². The Balaban J connectivity index is 1.63. The molecular weight excluding hydrogens is 424 g/mol. The van der Waals surface area contributed by atoms with Gasteiger partial charge in [-0.05, 0) is 57.2 Å². The number of hydrogen-bond acceptors (Lipinski definition) is 7. The van der Waals surface area contributed by atoms with Gasteiger partial charge in [0.15, 0.2) is 0 Å². The molecule has 2 N–H and O–H groups in total. The van der Waals surface area contributed by atoms with Crippen molar-refractivity contribution < 1.29 is 14.6 Å². The van der Waals surface area contributed by atoms with Crippen molar-refractivity contribution in [3.8, 4) is 11.5 Å². The van der Waals surface area contributed by atoms with Crippen molar-refractivity contribution in [1.29, 1.82) is 0 Å². The van der Waals surface area contributed by atoms with Gasteiger partial charge in [-0.25, -0.2) is 5.43 Å². The van der Waals surface area contributed by atoms with Crippen LogP contribution in [0, 0.1) is 6.92 Å². The summed E-state index contributed by atoms with van der Waals surface area (Å²) < 4.78 is 5.31. The Morgan fingerprint density at radius 3 is 2.69 bits per heavy atom. The molecule has 1 amide bonds. The maximum absolute atomic E-state index is 12.3. The number of benzene rings is 2. The van der Waals surface area contributed by atoms with Crippen LogP contribution in [0.5, 0.6) is 11.5 Å². The molecule has 3 rings (SSSR count). The summed E-state index contributed by atoms with van der Waals surface area (Å²) in [5.74, 6) is 0.816. The fourth-order valence-corrected chi connectivity index (χ4v) is 4.25. The van der Waals surface area contributed by atoms with Crippen LogP contribution in [0.15, 0.2) is 52.5 Å². The van der Waals surface area contributed by atoms with E-state index in [4.69, 9.17) is 4.74 Å². The van der Waals surface area contributed by atoms with Gasteiger partial charge < -0.3 is 14.7 Å². The van der Waals surface area contributed by atoms with Crippen LogP contribution in [-0.2, 0) is 4.79 Å². The van der Waals surface area contributed by atoms with Gasteiger partial charge >= 0.3 is 0 Å². The number of rotatable bonds is 9. The number of amides is 1. The average molecular weight is 453 g/mol. The second kappa shape index (κ2) is 10.9. The Kier molecular flexibility index (Phi) is 7.94. The van der Waals surface area contributed by atoms with Crippen molar-refractivity contribution in [3.05, 3.63) is 53.7 Å². The summed E-state index contributed by atoms with van der Waals surface area (Å²) in [5.41, 5.74) is 5.74. The Hall–Kier alpha value is -3.26. The van der Waals surface area contributed by atoms with Crippen molar-refractivity contribution in [2.45, 2.75) is 25.7 Å². The lowest BCUT2D eigenvalue weighted by atomic mass is 10.2. The van der Waals surface area contributed by atoms with Gasteiger partial charge in [0, 0.05) is 46.4 Å². The molecule has 2 aromatic carbocycles. The Labute approximate surface area is 192 Å². The minimum absolute atomic E-state index is 0.120. The molecular formula is C24H28N4O3S. The highest BCUT2D eigenvalue weighted by atomic mass is 32.2. The Morgan fingerprint density at radius 1 is 1.22 bits per heavy atom. The molecule has 7 nitrogen and oxygen atoms in total. The lowest BCUT2D eigenvalue weighted by molar-refractivity contribution is -0.118. The molecule has 0 aliphatic rings. The van der Waals surface area contributed by atoms with Gasteiger partial charge in [-0.1, -0.05) is 0 Å². The molecule has 0 aliphatic carbocycles. The van der Waals surface area contributed by atoms with Gasteiger partial charge in [0.25, 0.3) is 0 Å². The number of phenols is 1. The molecule has 0 bridgehead atoms. The number of fused-ring (bicyclic) bond motifs is 1. The quantitative estimate of drug-likeness (QED) is 0.285. The first-order chi connectivity index (χ1) is 15.4. The van der Waals surface area contributed by atoms with E-state index in [-0.39, 0.29) is 17.4 Å². The fourth-order valence-electron chi connectivity index (χ4n) is 3.32. The van der Waals surface area contributed by atoms with E-state index in [0.29, 0.717) is 5.56 Å². The predicted octanol–water partition coefficient (Wildman–Crippen LogP) is 4.35. The van der Waals surface area contributed by atoms with Crippen LogP contribution in [0.3, 0.4) is 0 Å². The molecule has 168 valence electrons. The van der Waals surface area contributed by atoms with E-state index in [1.807, 2.05) is 37.3 Å². The highest BCUT2D eigenvalue weighted by Gasteiger charge is 2.10. The number of ether oxygens (including phenoxy) is 1. The normalized spacial score (nSPS) is 11.1. The van der Waals surface area contributed by atoms with Gasteiger partial charge in [0.2, 0.25) is 5.91 Å². The first-order valence-corrected chi connectivity index (χ1v) is 11.4. The summed E-state index contributed by atoms with van der Waals surface area (Å²) in [6.45, 7) is 7.77. The number of nitrogens with zero attached hydrogens (tertiary/aromatic N) is 3. The molecule has 0 fully saturated rings. The van der Waals surface area contributed by atoms with Crippen molar-refractivity contribution >= 4 is 40.5 Å². The monoisotopic (exact) mass is 452 g/mol. The van der Waals surface area contributed by atoms with Crippen LogP contribution < -0.4 is 15.1 Å². The van der Waals surface area contributed by atoms with Crippen LogP contribution in [0.1, 0.15) is 25.1 Å². The number of pyridine rings is 1. The molecule has 0 spiro atoms. The second-order valence-electron chi connectivity index (χ2n) is 7.14. The lowest BCUT2D eigenvalue weighted by Crippen LogP contribution is -2.21. The number of anilines is 1. The van der Waals surface area contributed by atoms with E-state index in [9.17, 15) is 9.90 Å². The van der Waals surface area contributed by atoms with E-state index in [2.05, 4.69) is 34.3 Å². The number of aromatic hydroxyl groups is 1. The number of methoxy groups -OCH3 is 1. The third-order valence-electron chi connectivity index (χ3n) is 5.00. The number of aryl methyl sites for hydroxylation is 1. The zero-order chi connectivity index (χ0) is 23.1. The van der Waals surface area contributed by atoms with Crippen LogP contribution >= 0.6 is 11.8 Å². The van der Waals surface area contributed by atoms with Crippen LogP contribution in [0.2, 0.25) is 0 Å². The first kappa shape index (κ1) is 23.4. The number of phenolic OH excluding ortho intramolecular Hbond substituents is 1. The summed E-state index contributed by atoms with van der Waals surface area (Å²) in [6, 6.07) is 13.1. The number of thioether (sulfide) groups is 1. The number of hydrazone groups is 1. The highest BCUT2D eigenvalue weighted by molar-refractivity contribution is 8.00. The minimum atomic E-state index is -0.240. The standard InChI is InChI=1S/C24H28N4O3S/c1-5-28(6-2)18-8-7-17(22(29)12-18)14-25-27-24(30)15-32-23-11-16(3)26-21-10-9-19(31-4)13-20(21)23/h7-14,29H,5-6,15H2,1-4H3,(H,27,30)/b25-14+. The van der Waals surface area contributed by atoms with Crippen LogP contribution in [0.4, 0.5) is 5.69 Å². The third kappa shape index (κ3) is 5.70. The van der Waals surface area contributed by atoms with Crippen LogP contribution in [-0.4, -0.2) is 48.2 Å². The maximum Gasteiger partial charge on any atom is 0.250 e. The number of hydrogen-bond donors (Lipinski definition) is 2. The molecule has 3 aromatic rings. The number of nitrogens with one attached hydrogen (secondary N) is 1. The van der Waals surface area contributed by atoms with Gasteiger partial charge in [0.05, 0.1) is 24.6 Å². The molecule has 0 unspecified atom stereocenters. The van der Waals surface area contributed by atoms with E-state index in [1.165, 1.54) is 18.0 Å². The highest BCUT2D eigenvalue weighted by Crippen LogP contribution is 2.30. The van der Waals surface area contributed by atoms with Crippen molar-refractivity contribution in [2.24, 2.45) is 5.10 Å². The first-order valence-electron chi connectivity index (χ1n) is 10.4. The smallest absolute Gasteiger partial charge is 0.250 e. The average Bonchev–Trinajstić information content (AvgIpc) is 2.79. The van der Waals surface area contributed by atoms with Crippen LogP contribution in [0.25, 0.3) is 10.9 Å². The number of carbonyl (C=O) groups is 1. The number of carbonyl (C=O) groups excluding carboxylic acids is 1. The molecule has 1 heterocycles. The molecule has 0 radical (unpaired) electrons. The molecule has 0 saturated carbocycles. The maximum atomic E-state index is 12.3. The number of aromatic nitrogens is 1. The molecule has 1 aromatic heterocycles. The van der Waals surface area contributed by atoms with E-state index in [1.54, 1.807) is 19.2 Å². The van der Waals surface area contributed by atoms with Crippen molar-refractivity contribution in [1.82, 2.24) is 10.4 Å². The summed E-state index contributed by atoms with van der Waals surface area (Å²) in [6.07, 6.45) is 1.45. The minimum Gasteiger partial charge on any atom is -0.507 e. The summed E-state index contributed by atoms with van der Waals surface area (Å²) in [7, 11) is 1.62. The van der Waals surface area contributed by atoms with Gasteiger partial charge in [0.1, 0.15) is 11.5 Å². The van der Waals surface area contributed by atoms with E-state index >= 15 is 0 Å². The van der Waals surface area contributed by atoms with Gasteiger partial charge in [-0.3, -0.25) is 9.78 Å². The summed E-state index contributed by atoms with van der Waals surface area (Å²) >= 11 is 1.41. The van der Waals surface area contributed by atoms with Crippen molar-refractivity contribution in [2.75, 3.05) is 30.9 Å².